The number of carbonyl (C=O) groups is 1. The van der Waals surface area contributed by atoms with Crippen molar-refractivity contribution in [1.29, 1.82) is 0 Å². The van der Waals surface area contributed by atoms with E-state index in [0.29, 0.717) is 11.1 Å². The first kappa shape index (κ1) is 16.6. The monoisotopic (exact) mass is 314 g/mol. The SMILES string of the molecule is Cc1ccc(C(=O)NCC(O)c2ccc([N+](=O)[O-])cc2)c(C)c1. The van der Waals surface area contributed by atoms with Gasteiger partial charge in [0.1, 0.15) is 0 Å². The molecule has 1 unspecified atom stereocenters. The van der Waals surface area contributed by atoms with Gasteiger partial charge in [-0.1, -0.05) is 17.7 Å². The highest BCUT2D eigenvalue weighted by Gasteiger charge is 2.14. The molecule has 0 spiro atoms. The molecule has 6 heteroatoms. The smallest absolute Gasteiger partial charge is 0.269 e. The van der Waals surface area contributed by atoms with Gasteiger partial charge in [0.15, 0.2) is 0 Å². The summed E-state index contributed by atoms with van der Waals surface area (Å²) in [4.78, 5) is 22.2. The maximum atomic E-state index is 12.1. The van der Waals surface area contributed by atoms with Gasteiger partial charge < -0.3 is 10.4 Å². The number of aliphatic hydroxyl groups is 1. The van der Waals surface area contributed by atoms with Crippen LogP contribution in [0.2, 0.25) is 0 Å². The van der Waals surface area contributed by atoms with Gasteiger partial charge in [0.25, 0.3) is 11.6 Å². The summed E-state index contributed by atoms with van der Waals surface area (Å²) < 4.78 is 0. The molecule has 0 aromatic heterocycles. The fourth-order valence-electron chi connectivity index (χ4n) is 2.29. The number of aryl methyl sites for hydroxylation is 2. The molecule has 1 atom stereocenters. The fourth-order valence-corrected chi connectivity index (χ4v) is 2.29. The number of rotatable bonds is 5. The minimum Gasteiger partial charge on any atom is -0.387 e. The first-order valence-corrected chi connectivity index (χ1v) is 7.16. The average Bonchev–Trinajstić information content (AvgIpc) is 2.52. The Kier molecular flexibility index (Phi) is 5.08. The molecule has 2 aromatic carbocycles. The summed E-state index contributed by atoms with van der Waals surface area (Å²) in [7, 11) is 0. The maximum absolute atomic E-state index is 12.1. The predicted octanol–water partition coefficient (Wildman–Crippen LogP) is 2.68. The number of hydrogen-bond donors (Lipinski definition) is 2. The van der Waals surface area contributed by atoms with Crippen LogP contribution in [0.15, 0.2) is 42.5 Å². The largest absolute Gasteiger partial charge is 0.387 e. The standard InChI is InChI=1S/C17H18N2O4/c1-11-3-8-15(12(2)9-11)17(21)18-10-16(20)13-4-6-14(7-5-13)19(22)23/h3-9,16,20H,10H2,1-2H3,(H,18,21). The number of benzene rings is 2. The van der Waals surface area contributed by atoms with Crippen molar-refractivity contribution in [3.8, 4) is 0 Å². The number of non-ortho nitro benzene ring substituents is 1. The number of carbonyl (C=O) groups excluding carboxylic acids is 1. The highest BCUT2D eigenvalue weighted by Crippen LogP contribution is 2.17. The molecule has 0 aliphatic heterocycles. The van der Waals surface area contributed by atoms with Crippen molar-refractivity contribution in [1.82, 2.24) is 5.32 Å². The Labute approximate surface area is 133 Å². The van der Waals surface area contributed by atoms with E-state index in [1.54, 1.807) is 6.07 Å². The zero-order valence-corrected chi connectivity index (χ0v) is 12.9. The van der Waals surface area contributed by atoms with Crippen molar-refractivity contribution in [2.45, 2.75) is 20.0 Å². The number of amides is 1. The highest BCUT2D eigenvalue weighted by molar-refractivity contribution is 5.95. The van der Waals surface area contributed by atoms with Gasteiger partial charge in [0.05, 0.1) is 11.0 Å². The Bertz CT molecular complexity index is 726. The summed E-state index contributed by atoms with van der Waals surface area (Å²) in [6.07, 6.45) is -0.925. The molecule has 120 valence electrons. The molecular weight excluding hydrogens is 296 g/mol. The van der Waals surface area contributed by atoms with Gasteiger partial charge in [-0.15, -0.1) is 0 Å². The second-order valence-electron chi connectivity index (χ2n) is 5.39. The van der Waals surface area contributed by atoms with Gasteiger partial charge in [0, 0.05) is 24.2 Å². The van der Waals surface area contributed by atoms with Crippen LogP contribution in [0, 0.1) is 24.0 Å². The lowest BCUT2D eigenvalue weighted by atomic mass is 10.0. The van der Waals surface area contributed by atoms with Crippen molar-refractivity contribution in [2.75, 3.05) is 6.54 Å². The first-order valence-electron chi connectivity index (χ1n) is 7.16. The number of hydrogen-bond acceptors (Lipinski definition) is 4. The predicted molar refractivity (Wildman–Crippen MR) is 86.3 cm³/mol. The lowest BCUT2D eigenvalue weighted by Crippen LogP contribution is -2.28. The van der Waals surface area contributed by atoms with Crippen LogP contribution in [0.3, 0.4) is 0 Å². The molecule has 0 fully saturated rings. The van der Waals surface area contributed by atoms with Crippen molar-refractivity contribution in [3.63, 3.8) is 0 Å². The van der Waals surface area contributed by atoms with E-state index in [9.17, 15) is 20.0 Å². The molecule has 23 heavy (non-hydrogen) atoms. The third-order valence-corrected chi connectivity index (χ3v) is 3.57. The van der Waals surface area contributed by atoms with E-state index >= 15 is 0 Å². The van der Waals surface area contributed by atoms with E-state index in [4.69, 9.17) is 0 Å². The second-order valence-corrected chi connectivity index (χ2v) is 5.39. The van der Waals surface area contributed by atoms with Gasteiger partial charge in [-0.05, 0) is 43.2 Å². The van der Waals surface area contributed by atoms with Crippen molar-refractivity contribution < 1.29 is 14.8 Å². The van der Waals surface area contributed by atoms with Crippen molar-refractivity contribution in [2.24, 2.45) is 0 Å². The van der Waals surface area contributed by atoms with E-state index in [0.717, 1.165) is 11.1 Å². The molecule has 0 aliphatic rings. The van der Waals surface area contributed by atoms with E-state index < -0.39 is 11.0 Å². The third kappa shape index (κ3) is 4.14. The minimum atomic E-state index is -0.925. The molecule has 0 saturated heterocycles. The Morgan fingerprint density at radius 2 is 1.87 bits per heavy atom. The van der Waals surface area contributed by atoms with Gasteiger partial charge in [-0.3, -0.25) is 14.9 Å². The van der Waals surface area contributed by atoms with Crippen LogP contribution in [0.4, 0.5) is 5.69 Å². The van der Waals surface area contributed by atoms with Crippen molar-refractivity contribution >= 4 is 11.6 Å². The summed E-state index contributed by atoms with van der Waals surface area (Å²) in [6.45, 7) is 3.84. The average molecular weight is 314 g/mol. The number of aliphatic hydroxyl groups excluding tert-OH is 1. The van der Waals surface area contributed by atoms with Gasteiger partial charge in [0.2, 0.25) is 0 Å². The van der Waals surface area contributed by atoms with Crippen LogP contribution in [0.1, 0.15) is 33.2 Å². The normalized spacial score (nSPS) is 11.8. The summed E-state index contributed by atoms with van der Waals surface area (Å²) in [5.74, 6) is -0.261. The molecule has 2 rings (SSSR count). The number of nitro benzene ring substituents is 1. The van der Waals surface area contributed by atoms with E-state index in [2.05, 4.69) is 5.32 Å². The third-order valence-electron chi connectivity index (χ3n) is 3.57. The fraction of sp³-hybridized carbons (Fsp3) is 0.235. The van der Waals surface area contributed by atoms with Gasteiger partial charge in [-0.2, -0.15) is 0 Å². The second kappa shape index (κ2) is 7.02. The zero-order chi connectivity index (χ0) is 17.0. The minimum absolute atomic E-state index is 0.0317. The Balaban J connectivity index is 1.99. The topological polar surface area (TPSA) is 92.5 Å². The quantitative estimate of drug-likeness (QED) is 0.655. The van der Waals surface area contributed by atoms with E-state index in [1.165, 1.54) is 24.3 Å². The van der Waals surface area contributed by atoms with E-state index in [-0.39, 0.29) is 18.1 Å². The highest BCUT2D eigenvalue weighted by atomic mass is 16.6. The molecule has 2 N–H and O–H groups in total. The first-order chi connectivity index (χ1) is 10.9. The molecule has 0 radical (unpaired) electrons. The zero-order valence-electron chi connectivity index (χ0n) is 12.9. The molecular formula is C17H18N2O4. The van der Waals surface area contributed by atoms with Crippen LogP contribution in [0.25, 0.3) is 0 Å². The Hall–Kier alpha value is -2.73. The number of nitrogens with one attached hydrogen (secondary N) is 1. The maximum Gasteiger partial charge on any atom is 0.269 e. The van der Waals surface area contributed by atoms with Crippen LogP contribution in [-0.2, 0) is 0 Å². The molecule has 6 nitrogen and oxygen atoms in total. The molecule has 0 bridgehead atoms. The Morgan fingerprint density at radius 1 is 1.22 bits per heavy atom. The van der Waals surface area contributed by atoms with Crippen molar-refractivity contribution in [3.05, 3.63) is 74.8 Å². The summed E-state index contributed by atoms with van der Waals surface area (Å²) in [5.41, 5.74) is 2.97. The summed E-state index contributed by atoms with van der Waals surface area (Å²) >= 11 is 0. The molecule has 0 aliphatic carbocycles. The Morgan fingerprint density at radius 3 is 2.43 bits per heavy atom. The van der Waals surface area contributed by atoms with Crippen LogP contribution in [-0.4, -0.2) is 22.5 Å². The molecule has 0 saturated carbocycles. The van der Waals surface area contributed by atoms with Crippen LogP contribution < -0.4 is 5.32 Å². The van der Waals surface area contributed by atoms with Gasteiger partial charge in [-0.25, -0.2) is 0 Å². The van der Waals surface area contributed by atoms with Crippen LogP contribution >= 0.6 is 0 Å². The molecule has 2 aromatic rings. The lowest BCUT2D eigenvalue weighted by molar-refractivity contribution is -0.384. The van der Waals surface area contributed by atoms with E-state index in [1.807, 2.05) is 26.0 Å². The van der Waals surface area contributed by atoms with Gasteiger partial charge >= 0.3 is 0 Å². The number of nitrogens with zero attached hydrogens (tertiary/aromatic N) is 1. The number of nitro groups is 1. The van der Waals surface area contributed by atoms with Crippen LogP contribution in [0.5, 0.6) is 0 Å². The lowest BCUT2D eigenvalue weighted by Gasteiger charge is -2.13. The molecule has 0 heterocycles. The summed E-state index contributed by atoms with van der Waals surface area (Å²) in [6, 6.07) is 11.1. The summed E-state index contributed by atoms with van der Waals surface area (Å²) in [5, 5.41) is 23.3. The molecule has 1 amide bonds.